The minimum atomic E-state index is -0.00150. The smallest absolute Gasteiger partial charge is 0.227 e. The Bertz CT molecular complexity index is 692. The first kappa shape index (κ1) is 17.2. The third-order valence-electron chi connectivity index (χ3n) is 4.82. The molecule has 1 aliphatic carbocycles. The maximum absolute atomic E-state index is 12.3. The van der Waals surface area contributed by atoms with E-state index in [1.54, 1.807) is 0 Å². The fourth-order valence-corrected chi connectivity index (χ4v) is 3.31. The Kier molecular flexibility index (Phi) is 5.83. The van der Waals surface area contributed by atoms with Crippen molar-refractivity contribution in [2.24, 2.45) is 11.8 Å². The molecule has 130 valence electrons. The predicted octanol–water partition coefficient (Wildman–Crippen LogP) is 3.75. The summed E-state index contributed by atoms with van der Waals surface area (Å²) in [6, 6.07) is 19.4. The number of hydrogen-bond acceptors (Lipinski definition) is 2. The summed E-state index contributed by atoms with van der Waals surface area (Å²) in [7, 11) is 0. The number of benzene rings is 2. The summed E-state index contributed by atoms with van der Waals surface area (Å²) in [4.78, 5) is 24.7. The van der Waals surface area contributed by atoms with E-state index in [-0.39, 0.29) is 23.7 Å². The quantitative estimate of drug-likeness (QED) is 0.874. The molecule has 2 N–H and O–H groups in total. The summed E-state index contributed by atoms with van der Waals surface area (Å²) in [5.74, 6) is 0.183. The molecule has 2 aromatic rings. The van der Waals surface area contributed by atoms with Crippen LogP contribution in [0.15, 0.2) is 60.7 Å². The van der Waals surface area contributed by atoms with Crippen LogP contribution in [-0.4, -0.2) is 11.8 Å². The molecule has 0 atom stereocenters. The molecule has 0 aromatic heterocycles. The van der Waals surface area contributed by atoms with Crippen LogP contribution in [0.4, 0.5) is 5.69 Å². The molecule has 1 aliphatic rings. The first-order valence-corrected chi connectivity index (χ1v) is 8.90. The Morgan fingerprint density at radius 3 is 1.88 bits per heavy atom. The van der Waals surface area contributed by atoms with E-state index in [0.29, 0.717) is 6.54 Å². The SMILES string of the molecule is O=C(NCc1ccccc1)C1CCC(C(=O)Nc2ccccc2)CC1. The standard InChI is InChI=1S/C21H24N2O2/c24-20(22-15-16-7-3-1-4-8-16)17-11-13-18(14-12-17)21(25)23-19-9-5-2-6-10-19/h1-10,17-18H,11-15H2,(H,22,24)(H,23,25). The maximum Gasteiger partial charge on any atom is 0.227 e. The largest absolute Gasteiger partial charge is 0.352 e. The first-order valence-electron chi connectivity index (χ1n) is 8.90. The van der Waals surface area contributed by atoms with Crippen molar-refractivity contribution < 1.29 is 9.59 Å². The molecule has 1 saturated carbocycles. The molecule has 3 rings (SSSR count). The van der Waals surface area contributed by atoms with Crippen LogP contribution >= 0.6 is 0 Å². The van der Waals surface area contributed by atoms with E-state index in [2.05, 4.69) is 10.6 Å². The van der Waals surface area contributed by atoms with Crippen LogP contribution in [-0.2, 0) is 16.1 Å². The zero-order valence-corrected chi connectivity index (χ0v) is 14.3. The highest BCUT2D eigenvalue weighted by molar-refractivity contribution is 5.92. The van der Waals surface area contributed by atoms with E-state index in [9.17, 15) is 9.59 Å². The van der Waals surface area contributed by atoms with Gasteiger partial charge in [-0.15, -0.1) is 0 Å². The summed E-state index contributed by atoms with van der Waals surface area (Å²) in [5.41, 5.74) is 1.93. The normalized spacial score (nSPS) is 19.8. The predicted molar refractivity (Wildman–Crippen MR) is 98.8 cm³/mol. The van der Waals surface area contributed by atoms with Crippen molar-refractivity contribution in [1.82, 2.24) is 5.32 Å². The van der Waals surface area contributed by atoms with Gasteiger partial charge in [-0.2, -0.15) is 0 Å². The summed E-state index contributed by atoms with van der Waals surface area (Å²) < 4.78 is 0. The Balaban J connectivity index is 1.43. The topological polar surface area (TPSA) is 58.2 Å². The number of carbonyl (C=O) groups is 2. The van der Waals surface area contributed by atoms with Gasteiger partial charge in [0, 0.05) is 24.1 Å². The molecule has 0 radical (unpaired) electrons. The van der Waals surface area contributed by atoms with Crippen molar-refractivity contribution in [2.45, 2.75) is 32.2 Å². The van der Waals surface area contributed by atoms with Gasteiger partial charge in [0.05, 0.1) is 0 Å². The van der Waals surface area contributed by atoms with Crippen molar-refractivity contribution >= 4 is 17.5 Å². The van der Waals surface area contributed by atoms with E-state index in [1.807, 2.05) is 60.7 Å². The number of anilines is 1. The number of carbonyl (C=O) groups excluding carboxylic acids is 2. The number of hydrogen-bond donors (Lipinski definition) is 2. The van der Waals surface area contributed by atoms with Crippen LogP contribution < -0.4 is 10.6 Å². The van der Waals surface area contributed by atoms with Crippen LogP contribution in [0.5, 0.6) is 0 Å². The minimum absolute atomic E-state index is 0.00150. The fourth-order valence-electron chi connectivity index (χ4n) is 3.31. The van der Waals surface area contributed by atoms with Crippen LogP contribution in [0.25, 0.3) is 0 Å². The monoisotopic (exact) mass is 336 g/mol. The zero-order chi connectivity index (χ0) is 17.5. The molecular weight excluding hydrogens is 312 g/mol. The van der Waals surface area contributed by atoms with Crippen LogP contribution in [0.1, 0.15) is 31.2 Å². The fraction of sp³-hybridized carbons (Fsp3) is 0.333. The number of para-hydroxylation sites is 1. The Hall–Kier alpha value is -2.62. The lowest BCUT2D eigenvalue weighted by molar-refractivity contribution is -0.128. The molecule has 0 aliphatic heterocycles. The van der Waals surface area contributed by atoms with Gasteiger partial charge in [-0.25, -0.2) is 0 Å². The maximum atomic E-state index is 12.3. The molecule has 0 spiro atoms. The van der Waals surface area contributed by atoms with Crippen molar-refractivity contribution in [3.8, 4) is 0 Å². The first-order chi connectivity index (χ1) is 12.2. The summed E-state index contributed by atoms with van der Waals surface area (Å²) in [5, 5.41) is 5.98. The Labute approximate surface area is 148 Å². The molecule has 4 heteroatoms. The lowest BCUT2D eigenvalue weighted by Crippen LogP contribution is -2.35. The van der Waals surface area contributed by atoms with Crippen LogP contribution in [0.2, 0.25) is 0 Å². The van der Waals surface area contributed by atoms with Crippen LogP contribution in [0.3, 0.4) is 0 Å². The number of amides is 2. The van der Waals surface area contributed by atoms with E-state index >= 15 is 0 Å². The van der Waals surface area contributed by atoms with E-state index in [4.69, 9.17) is 0 Å². The second-order valence-corrected chi connectivity index (χ2v) is 6.61. The van der Waals surface area contributed by atoms with Crippen molar-refractivity contribution in [3.63, 3.8) is 0 Å². The van der Waals surface area contributed by atoms with Gasteiger partial charge in [0.1, 0.15) is 0 Å². The summed E-state index contributed by atoms with van der Waals surface area (Å²) >= 11 is 0. The molecule has 4 nitrogen and oxygen atoms in total. The summed E-state index contributed by atoms with van der Waals surface area (Å²) in [6.45, 7) is 0.564. The second kappa shape index (κ2) is 8.47. The van der Waals surface area contributed by atoms with E-state index in [1.165, 1.54) is 0 Å². The van der Waals surface area contributed by atoms with E-state index in [0.717, 1.165) is 36.9 Å². The molecular formula is C21H24N2O2. The van der Waals surface area contributed by atoms with E-state index < -0.39 is 0 Å². The van der Waals surface area contributed by atoms with Gasteiger partial charge in [0.2, 0.25) is 11.8 Å². The van der Waals surface area contributed by atoms with Gasteiger partial charge in [0.25, 0.3) is 0 Å². The molecule has 2 amide bonds. The molecule has 0 heterocycles. The molecule has 0 saturated heterocycles. The minimum Gasteiger partial charge on any atom is -0.352 e. The third kappa shape index (κ3) is 4.92. The highest BCUT2D eigenvalue weighted by Crippen LogP contribution is 2.30. The van der Waals surface area contributed by atoms with Crippen molar-refractivity contribution in [3.05, 3.63) is 66.2 Å². The number of rotatable bonds is 5. The van der Waals surface area contributed by atoms with Gasteiger partial charge >= 0.3 is 0 Å². The lowest BCUT2D eigenvalue weighted by Gasteiger charge is -2.27. The van der Waals surface area contributed by atoms with Crippen molar-refractivity contribution in [1.29, 1.82) is 0 Å². The van der Waals surface area contributed by atoms with Gasteiger partial charge in [-0.3, -0.25) is 9.59 Å². The Morgan fingerprint density at radius 1 is 0.760 bits per heavy atom. The Morgan fingerprint density at radius 2 is 1.28 bits per heavy atom. The zero-order valence-electron chi connectivity index (χ0n) is 14.3. The molecule has 0 bridgehead atoms. The third-order valence-corrected chi connectivity index (χ3v) is 4.82. The molecule has 1 fully saturated rings. The van der Waals surface area contributed by atoms with Crippen LogP contribution in [0, 0.1) is 11.8 Å². The highest BCUT2D eigenvalue weighted by atomic mass is 16.2. The highest BCUT2D eigenvalue weighted by Gasteiger charge is 2.29. The lowest BCUT2D eigenvalue weighted by atomic mass is 9.81. The average molecular weight is 336 g/mol. The molecule has 2 aromatic carbocycles. The van der Waals surface area contributed by atoms with Gasteiger partial charge in [-0.1, -0.05) is 48.5 Å². The molecule has 25 heavy (non-hydrogen) atoms. The average Bonchev–Trinajstić information content (AvgIpc) is 2.68. The van der Waals surface area contributed by atoms with Gasteiger partial charge in [0.15, 0.2) is 0 Å². The summed E-state index contributed by atoms with van der Waals surface area (Å²) in [6.07, 6.45) is 3.07. The van der Waals surface area contributed by atoms with Crippen molar-refractivity contribution in [2.75, 3.05) is 5.32 Å². The second-order valence-electron chi connectivity index (χ2n) is 6.61. The van der Waals surface area contributed by atoms with Gasteiger partial charge in [-0.05, 0) is 43.4 Å². The van der Waals surface area contributed by atoms with Gasteiger partial charge < -0.3 is 10.6 Å². The number of nitrogens with one attached hydrogen (secondary N) is 2. The molecule has 0 unspecified atom stereocenters.